The zero-order valence-electron chi connectivity index (χ0n) is 24.5. The average molecular weight is 680 g/mol. The molecule has 0 amide bonds. The van der Waals surface area contributed by atoms with Gasteiger partial charge in [-0.25, -0.2) is 9.78 Å². The van der Waals surface area contributed by atoms with Gasteiger partial charge in [-0.05, 0) is 62.8 Å². The Morgan fingerprint density at radius 2 is 1.72 bits per heavy atom. The van der Waals surface area contributed by atoms with Crippen molar-refractivity contribution in [1.29, 1.82) is 0 Å². The van der Waals surface area contributed by atoms with E-state index >= 15 is 0 Å². The summed E-state index contributed by atoms with van der Waals surface area (Å²) in [6.07, 6.45) is -5.13. The van der Waals surface area contributed by atoms with Gasteiger partial charge in [-0.2, -0.15) is 13.2 Å². The molecule has 248 valence electrons. The molecular weight excluding hydrogens is 652 g/mol. The van der Waals surface area contributed by atoms with E-state index in [0.29, 0.717) is 35.4 Å². The second-order valence-electron chi connectivity index (χ2n) is 12.0. The fourth-order valence-electron chi connectivity index (χ4n) is 6.63. The first kappa shape index (κ1) is 31.5. The first-order valence-electron chi connectivity index (χ1n) is 15.0. The molecule has 0 spiro atoms. The van der Waals surface area contributed by atoms with Gasteiger partial charge in [0.1, 0.15) is 17.2 Å². The van der Waals surface area contributed by atoms with Crippen LogP contribution >= 0.6 is 11.3 Å². The maximum atomic E-state index is 13.9. The highest BCUT2D eigenvalue weighted by atomic mass is 32.1. The van der Waals surface area contributed by atoms with Gasteiger partial charge < -0.3 is 24.0 Å². The van der Waals surface area contributed by atoms with Crippen LogP contribution in [0.5, 0.6) is 5.75 Å². The van der Waals surface area contributed by atoms with E-state index in [1.165, 1.54) is 29.5 Å². The Labute approximate surface area is 267 Å². The minimum atomic E-state index is -4.88. The summed E-state index contributed by atoms with van der Waals surface area (Å²) in [6.45, 7) is 0.0864. The summed E-state index contributed by atoms with van der Waals surface area (Å²) in [6, 6.07) is 8.73. The molecule has 2 aromatic carbocycles. The molecule has 1 aliphatic carbocycles. The van der Waals surface area contributed by atoms with Crippen LogP contribution in [0.25, 0.3) is 22.5 Å². The molecule has 2 aliphatic heterocycles. The van der Waals surface area contributed by atoms with Gasteiger partial charge in [0, 0.05) is 40.1 Å². The van der Waals surface area contributed by atoms with Crippen molar-refractivity contribution in [1.82, 2.24) is 10.1 Å². The number of carboxylic acid groups (broad SMARTS) is 1. The molecule has 2 aromatic heterocycles. The second kappa shape index (κ2) is 11.8. The molecule has 7 rings (SSSR count). The second-order valence-corrected chi connectivity index (χ2v) is 12.8. The maximum Gasteiger partial charge on any atom is 0.573 e. The third-order valence-corrected chi connectivity index (χ3v) is 9.70. The predicted molar refractivity (Wildman–Crippen MR) is 157 cm³/mol. The van der Waals surface area contributed by atoms with Crippen molar-refractivity contribution in [2.24, 2.45) is 0 Å². The van der Waals surface area contributed by atoms with Crippen LogP contribution in [0.3, 0.4) is 0 Å². The maximum absolute atomic E-state index is 13.9. The van der Waals surface area contributed by atoms with E-state index in [1.54, 1.807) is 11.4 Å². The highest BCUT2D eigenvalue weighted by Gasteiger charge is 2.44. The third-order valence-electron chi connectivity index (χ3n) is 8.85. The summed E-state index contributed by atoms with van der Waals surface area (Å²) in [4.78, 5) is 18.0. The zero-order valence-corrected chi connectivity index (χ0v) is 25.3. The zero-order chi connectivity index (χ0) is 33.1. The largest absolute Gasteiger partial charge is 0.573 e. The van der Waals surface area contributed by atoms with E-state index in [2.05, 4.69) is 19.8 Å². The molecule has 1 N–H and O–H groups in total. The van der Waals surface area contributed by atoms with E-state index in [9.17, 15) is 36.2 Å². The van der Waals surface area contributed by atoms with E-state index in [-0.39, 0.29) is 59.0 Å². The van der Waals surface area contributed by atoms with Gasteiger partial charge in [0.25, 0.3) is 0 Å². The summed E-state index contributed by atoms with van der Waals surface area (Å²) in [5.41, 5.74) is -0.590. The molecule has 3 atom stereocenters. The number of aromatic nitrogens is 2. The molecule has 3 aliphatic rings. The number of rotatable bonds is 9. The van der Waals surface area contributed by atoms with Gasteiger partial charge in [-0.15, -0.1) is 24.5 Å². The summed E-state index contributed by atoms with van der Waals surface area (Å²) < 4.78 is 97.3. The Hall–Kier alpha value is -4.11. The number of para-hydroxylation sites is 1. The van der Waals surface area contributed by atoms with Gasteiger partial charge in [-0.1, -0.05) is 23.4 Å². The number of piperidine rings is 1. The Bertz CT molecular complexity index is 1790. The van der Waals surface area contributed by atoms with Crippen LogP contribution in [-0.2, 0) is 17.5 Å². The molecule has 2 bridgehead atoms. The summed E-state index contributed by atoms with van der Waals surface area (Å²) >= 11 is 1.24. The number of aromatic carboxylic acids is 1. The lowest BCUT2D eigenvalue weighted by atomic mass is 9.99. The number of halogens is 6. The number of benzene rings is 2. The molecule has 2 saturated heterocycles. The molecule has 0 radical (unpaired) electrons. The Balaban J connectivity index is 1.08. The van der Waals surface area contributed by atoms with Crippen LogP contribution < -0.4 is 9.64 Å². The van der Waals surface area contributed by atoms with E-state index in [4.69, 9.17) is 9.26 Å². The van der Waals surface area contributed by atoms with Crippen molar-refractivity contribution in [2.45, 2.75) is 81.8 Å². The summed E-state index contributed by atoms with van der Waals surface area (Å²) in [5.74, 6) is -1.11. The fraction of sp³-hybridized carbons (Fsp3) is 0.406. The molecule has 4 aromatic rings. The molecule has 47 heavy (non-hydrogen) atoms. The molecule has 0 unspecified atom stereocenters. The minimum absolute atomic E-state index is 0.0278. The van der Waals surface area contributed by atoms with Crippen molar-refractivity contribution in [3.63, 3.8) is 0 Å². The number of alkyl halides is 6. The van der Waals surface area contributed by atoms with Crippen molar-refractivity contribution >= 4 is 22.4 Å². The van der Waals surface area contributed by atoms with E-state index in [0.717, 1.165) is 37.8 Å². The normalized spacial score (nSPS) is 21.3. The number of fused-ring (bicyclic) bond motifs is 2. The quantitative estimate of drug-likeness (QED) is 0.176. The smallest absolute Gasteiger partial charge is 0.478 e. The summed E-state index contributed by atoms with van der Waals surface area (Å²) in [7, 11) is 0. The molecule has 8 nitrogen and oxygen atoms in total. The first-order valence-corrected chi connectivity index (χ1v) is 15.9. The number of hydrogen-bond acceptors (Lipinski definition) is 8. The number of carbonyl (C=O) groups is 1. The number of hydrogen-bond donors (Lipinski definition) is 1. The van der Waals surface area contributed by atoms with Crippen LogP contribution in [0.1, 0.15) is 71.7 Å². The van der Waals surface area contributed by atoms with Crippen molar-refractivity contribution in [3.8, 4) is 28.3 Å². The Morgan fingerprint density at radius 3 is 2.38 bits per heavy atom. The third kappa shape index (κ3) is 6.42. The number of carboxylic acids is 1. The summed E-state index contributed by atoms with van der Waals surface area (Å²) in [5, 5.41) is 15.5. The van der Waals surface area contributed by atoms with Gasteiger partial charge in [0.15, 0.2) is 5.13 Å². The van der Waals surface area contributed by atoms with Crippen LogP contribution in [0.4, 0.5) is 31.5 Å². The van der Waals surface area contributed by atoms with Crippen molar-refractivity contribution < 1.29 is 50.2 Å². The van der Waals surface area contributed by atoms with Crippen LogP contribution in [0, 0.1) is 0 Å². The fourth-order valence-corrected chi connectivity index (χ4v) is 7.60. The minimum Gasteiger partial charge on any atom is -0.478 e. The first-order chi connectivity index (χ1) is 22.4. The van der Waals surface area contributed by atoms with Gasteiger partial charge in [0.2, 0.25) is 0 Å². The molecule has 4 heterocycles. The Morgan fingerprint density at radius 1 is 1.00 bits per heavy atom. The van der Waals surface area contributed by atoms with Crippen LogP contribution in [-0.4, -0.2) is 45.8 Å². The topological polar surface area (TPSA) is 97.9 Å². The number of anilines is 1. The van der Waals surface area contributed by atoms with E-state index in [1.807, 2.05) is 0 Å². The van der Waals surface area contributed by atoms with Gasteiger partial charge in [0.05, 0.1) is 29.5 Å². The van der Waals surface area contributed by atoms with Crippen LogP contribution in [0.15, 0.2) is 52.4 Å². The number of ether oxygens (including phenoxy) is 2. The highest BCUT2D eigenvalue weighted by molar-refractivity contribution is 7.14. The lowest BCUT2D eigenvalue weighted by Gasteiger charge is -2.38. The molecule has 3 fully saturated rings. The molecule has 1 saturated carbocycles. The van der Waals surface area contributed by atoms with E-state index < -0.39 is 29.6 Å². The van der Waals surface area contributed by atoms with Gasteiger partial charge >= 0.3 is 18.5 Å². The molecular formula is C32H27F6N3O5S. The van der Waals surface area contributed by atoms with Crippen LogP contribution in [0.2, 0.25) is 0 Å². The number of thiazole rings is 1. The number of nitrogens with zero attached hydrogens (tertiary/aromatic N) is 3. The monoisotopic (exact) mass is 679 g/mol. The lowest BCUT2D eigenvalue weighted by Crippen LogP contribution is -2.45. The highest BCUT2D eigenvalue weighted by Crippen LogP contribution is 2.47. The van der Waals surface area contributed by atoms with Crippen molar-refractivity contribution in [2.75, 3.05) is 4.90 Å². The van der Waals surface area contributed by atoms with Crippen molar-refractivity contribution in [3.05, 3.63) is 70.3 Å². The predicted octanol–water partition coefficient (Wildman–Crippen LogP) is 8.67. The SMILES string of the molecule is O=C(O)c1ccc(-c2csc(N3[C@@H]4CC[C@H]3C[C@H](OCc3c(-c5ccccc5OC(F)(F)F)noc3C3CC3)C4)n2)c(C(F)(F)F)c1. The Kier molecular flexibility index (Phi) is 7.94. The average Bonchev–Trinajstić information content (AvgIpc) is 3.47. The standard InChI is InChI=1S/C32H27F6N3O5S/c33-31(34,35)24-11-17(29(42)43)7-10-21(24)25-15-47-30(39-25)41-18-8-9-19(41)13-20(12-18)44-14-23-27(40-46-28(23)16-5-6-16)22-3-1-2-4-26(22)45-32(36,37)38/h1-4,7,10-11,15-16,18-20H,5-6,8-9,12-14H2,(H,42,43)/t18-,19+,20-. The lowest BCUT2D eigenvalue weighted by molar-refractivity contribution is -0.274. The molecule has 15 heteroatoms. The van der Waals surface area contributed by atoms with Gasteiger partial charge in [-0.3, -0.25) is 0 Å².